The summed E-state index contributed by atoms with van der Waals surface area (Å²) in [5, 5.41) is 9.41. The van der Waals surface area contributed by atoms with Gasteiger partial charge in [0.15, 0.2) is 0 Å². The SMILES string of the molecule is O=CC1NC=Cc2nc(-c3ccc(CNCCNc4ccc(C(F)(F)F)cn4)cc3)c(-c3ccccc3)cc21. The number of anilines is 1. The van der Waals surface area contributed by atoms with Gasteiger partial charge in [0.1, 0.15) is 18.1 Å². The first-order chi connectivity index (χ1) is 18.9. The van der Waals surface area contributed by atoms with Gasteiger partial charge in [-0.25, -0.2) is 9.97 Å². The minimum absolute atomic E-state index is 0.394. The van der Waals surface area contributed by atoms with Gasteiger partial charge in [-0.15, -0.1) is 0 Å². The van der Waals surface area contributed by atoms with Crippen LogP contribution in [0.2, 0.25) is 0 Å². The van der Waals surface area contributed by atoms with Crippen LogP contribution < -0.4 is 16.0 Å². The molecule has 39 heavy (non-hydrogen) atoms. The fraction of sp³-hybridized carbons (Fsp3) is 0.167. The number of halogens is 3. The number of benzene rings is 2. The molecule has 0 aliphatic carbocycles. The van der Waals surface area contributed by atoms with Gasteiger partial charge in [-0.05, 0) is 41.6 Å². The number of aldehydes is 1. The highest BCUT2D eigenvalue weighted by atomic mass is 19.4. The number of carbonyl (C=O) groups is 1. The molecule has 1 unspecified atom stereocenters. The van der Waals surface area contributed by atoms with E-state index in [1.165, 1.54) is 6.07 Å². The molecule has 2 aromatic heterocycles. The third kappa shape index (κ3) is 6.15. The Bertz CT molecular complexity index is 1450. The highest BCUT2D eigenvalue weighted by Gasteiger charge is 2.30. The van der Waals surface area contributed by atoms with E-state index in [0.717, 1.165) is 57.8 Å². The number of nitrogens with one attached hydrogen (secondary N) is 3. The quantitative estimate of drug-likeness (QED) is 0.187. The molecule has 1 atom stereocenters. The van der Waals surface area contributed by atoms with Gasteiger partial charge in [-0.3, -0.25) is 0 Å². The Balaban J connectivity index is 1.24. The van der Waals surface area contributed by atoms with Crippen LogP contribution in [0.4, 0.5) is 19.0 Å². The van der Waals surface area contributed by atoms with Crippen molar-refractivity contribution in [2.45, 2.75) is 18.8 Å². The zero-order valence-corrected chi connectivity index (χ0v) is 20.9. The van der Waals surface area contributed by atoms with Crippen LogP contribution in [-0.4, -0.2) is 29.3 Å². The van der Waals surface area contributed by atoms with Gasteiger partial charge >= 0.3 is 6.18 Å². The predicted octanol–water partition coefficient (Wildman–Crippen LogP) is 5.85. The molecule has 3 N–H and O–H groups in total. The van der Waals surface area contributed by atoms with E-state index in [2.05, 4.69) is 20.9 Å². The lowest BCUT2D eigenvalue weighted by Crippen LogP contribution is -2.22. The van der Waals surface area contributed by atoms with Crippen LogP contribution >= 0.6 is 0 Å². The largest absolute Gasteiger partial charge is 0.417 e. The second-order valence-corrected chi connectivity index (χ2v) is 9.07. The fourth-order valence-electron chi connectivity index (χ4n) is 4.37. The van der Waals surface area contributed by atoms with Crippen molar-refractivity contribution in [3.05, 3.63) is 108 Å². The number of hydrogen-bond acceptors (Lipinski definition) is 6. The fourth-order valence-corrected chi connectivity index (χ4v) is 4.37. The van der Waals surface area contributed by atoms with E-state index in [9.17, 15) is 18.0 Å². The van der Waals surface area contributed by atoms with Crippen molar-refractivity contribution in [3.8, 4) is 22.4 Å². The van der Waals surface area contributed by atoms with Gasteiger partial charge < -0.3 is 20.7 Å². The number of rotatable bonds is 9. The summed E-state index contributed by atoms with van der Waals surface area (Å²) >= 11 is 0. The summed E-state index contributed by atoms with van der Waals surface area (Å²) in [4.78, 5) is 20.4. The minimum atomic E-state index is -4.39. The van der Waals surface area contributed by atoms with Crippen molar-refractivity contribution in [1.82, 2.24) is 20.6 Å². The Morgan fingerprint density at radius 2 is 1.74 bits per heavy atom. The molecule has 4 aromatic rings. The second-order valence-electron chi connectivity index (χ2n) is 9.07. The van der Waals surface area contributed by atoms with Gasteiger partial charge in [0.25, 0.3) is 0 Å². The Morgan fingerprint density at radius 1 is 0.949 bits per heavy atom. The maximum atomic E-state index is 12.7. The Kier molecular flexibility index (Phi) is 7.69. The molecule has 6 nitrogen and oxygen atoms in total. The van der Waals surface area contributed by atoms with Gasteiger partial charge in [-0.1, -0.05) is 54.6 Å². The Morgan fingerprint density at radius 3 is 2.44 bits per heavy atom. The summed E-state index contributed by atoms with van der Waals surface area (Å²) in [7, 11) is 0. The van der Waals surface area contributed by atoms with Crippen LogP contribution in [0.5, 0.6) is 0 Å². The second kappa shape index (κ2) is 11.5. The van der Waals surface area contributed by atoms with Crippen molar-refractivity contribution in [2.75, 3.05) is 18.4 Å². The number of alkyl halides is 3. The summed E-state index contributed by atoms with van der Waals surface area (Å²) in [6.45, 7) is 1.74. The molecule has 3 heterocycles. The molecule has 0 spiro atoms. The monoisotopic (exact) mass is 529 g/mol. The molecule has 0 fully saturated rings. The molecule has 2 aromatic carbocycles. The highest BCUT2D eigenvalue weighted by Crippen LogP contribution is 2.35. The normalized spacial score (nSPS) is 14.4. The number of fused-ring (bicyclic) bond motifs is 1. The molecule has 1 aliphatic heterocycles. The van der Waals surface area contributed by atoms with Crippen LogP contribution in [0.3, 0.4) is 0 Å². The molecule has 0 amide bonds. The maximum Gasteiger partial charge on any atom is 0.417 e. The van der Waals surface area contributed by atoms with E-state index in [-0.39, 0.29) is 0 Å². The van der Waals surface area contributed by atoms with Gasteiger partial charge in [-0.2, -0.15) is 13.2 Å². The van der Waals surface area contributed by atoms with E-state index in [1.807, 2.05) is 66.7 Å². The number of pyridine rings is 2. The first-order valence-corrected chi connectivity index (χ1v) is 12.5. The van der Waals surface area contributed by atoms with Gasteiger partial charge in [0.2, 0.25) is 0 Å². The van der Waals surface area contributed by atoms with Crippen LogP contribution in [-0.2, 0) is 17.5 Å². The lowest BCUT2D eigenvalue weighted by molar-refractivity contribution is -0.137. The summed E-state index contributed by atoms with van der Waals surface area (Å²) in [5.41, 5.74) is 5.69. The summed E-state index contributed by atoms with van der Waals surface area (Å²) in [6.07, 6.45) is 0.939. The molecule has 198 valence electrons. The third-order valence-corrected chi connectivity index (χ3v) is 6.41. The van der Waals surface area contributed by atoms with Crippen molar-refractivity contribution in [1.29, 1.82) is 0 Å². The summed E-state index contributed by atoms with van der Waals surface area (Å²) in [6, 6.07) is 22.1. The summed E-state index contributed by atoms with van der Waals surface area (Å²) < 4.78 is 38.0. The molecule has 0 saturated carbocycles. The zero-order valence-electron chi connectivity index (χ0n) is 20.9. The van der Waals surface area contributed by atoms with Crippen LogP contribution in [0.1, 0.15) is 28.4 Å². The lowest BCUT2D eigenvalue weighted by Gasteiger charge is -2.21. The average molecular weight is 530 g/mol. The third-order valence-electron chi connectivity index (χ3n) is 6.41. The summed E-state index contributed by atoms with van der Waals surface area (Å²) in [5.74, 6) is 0.394. The lowest BCUT2D eigenvalue weighted by atomic mass is 9.93. The Labute approximate surface area is 224 Å². The number of nitrogens with zero attached hydrogens (tertiary/aromatic N) is 2. The molecule has 0 bridgehead atoms. The molecule has 9 heteroatoms. The van der Waals surface area contributed by atoms with E-state index >= 15 is 0 Å². The number of hydrogen-bond donors (Lipinski definition) is 3. The molecular weight excluding hydrogens is 503 g/mol. The first-order valence-electron chi connectivity index (χ1n) is 12.5. The van der Waals surface area contributed by atoms with Gasteiger partial charge in [0, 0.05) is 42.5 Å². The maximum absolute atomic E-state index is 12.7. The predicted molar refractivity (Wildman–Crippen MR) is 146 cm³/mol. The van der Waals surface area contributed by atoms with Crippen LogP contribution in [0.25, 0.3) is 28.5 Å². The van der Waals surface area contributed by atoms with Crippen LogP contribution in [0, 0.1) is 0 Å². The Hall–Kier alpha value is -4.50. The first kappa shape index (κ1) is 26.1. The zero-order chi connectivity index (χ0) is 27.2. The van der Waals surface area contributed by atoms with Crippen molar-refractivity contribution >= 4 is 18.2 Å². The van der Waals surface area contributed by atoms with Crippen molar-refractivity contribution in [3.63, 3.8) is 0 Å². The minimum Gasteiger partial charge on any atom is -0.378 e. The smallest absolute Gasteiger partial charge is 0.378 e. The van der Waals surface area contributed by atoms with E-state index in [4.69, 9.17) is 4.98 Å². The van der Waals surface area contributed by atoms with Gasteiger partial charge in [0.05, 0.1) is 17.0 Å². The van der Waals surface area contributed by atoms with Crippen molar-refractivity contribution < 1.29 is 18.0 Å². The highest BCUT2D eigenvalue weighted by molar-refractivity contribution is 5.84. The number of aromatic nitrogens is 2. The standard InChI is InChI=1S/C30H26F3N5O/c31-30(32,33)23-10-11-28(37-18-23)36-15-14-34-17-20-6-8-22(9-7-20)29-24(21-4-2-1-3-5-21)16-25-26(38-29)12-13-35-27(25)19-39/h1-13,16,18-19,27,34-35H,14-15,17H2,(H,36,37). The molecule has 0 saturated heterocycles. The topological polar surface area (TPSA) is 78.9 Å². The van der Waals surface area contributed by atoms with E-state index < -0.39 is 17.8 Å². The molecular formula is C30H26F3N5O. The van der Waals surface area contributed by atoms with Crippen molar-refractivity contribution in [2.24, 2.45) is 0 Å². The van der Waals surface area contributed by atoms with E-state index in [0.29, 0.717) is 25.5 Å². The molecule has 5 rings (SSSR count). The molecule has 1 aliphatic rings. The number of carbonyl (C=O) groups excluding carboxylic acids is 1. The average Bonchev–Trinajstić information content (AvgIpc) is 2.96. The molecule has 0 radical (unpaired) electrons. The van der Waals surface area contributed by atoms with Crippen LogP contribution in [0.15, 0.2) is 85.2 Å². The van der Waals surface area contributed by atoms with E-state index in [1.54, 1.807) is 6.20 Å².